The Morgan fingerprint density at radius 2 is 1.56 bits per heavy atom. The quantitative estimate of drug-likeness (QED) is 0.745. The third kappa shape index (κ3) is 4.98. The van der Waals surface area contributed by atoms with Gasteiger partial charge in [0.2, 0.25) is 9.76 Å². The van der Waals surface area contributed by atoms with E-state index in [0.29, 0.717) is 10.6 Å². The molecule has 0 fully saturated rings. The van der Waals surface area contributed by atoms with Crippen molar-refractivity contribution in [2.24, 2.45) is 0 Å². The highest BCUT2D eigenvalue weighted by molar-refractivity contribution is 6.77. The zero-order valence-electron chi connectivity index (χ0n) is 13.0. The van der Waals surface area contributed by atoms with Gasteiger partial charge in [-0.1, -0.05) is 59.5 Å². The van der Waals surface area contributed by atoms with Crippen LogP contribution in [0.25, 0.3) is 0 Å². The highest BCUT2D eigenvalue weighted by Crippen LogP contribution is 2.28. The maximum Gasteiger partial charge on any atom is 0.224 e. The maximum absolute atomic E-state index is 5.94. The molecule has 0 N–H and O–H groups in total. The van der Waals surface area contributed by atoms with E-state index in [1.54, 1.807) is 0 Å². The van der Waals surface area contributed by atoms with Gasteiger partial charge in [0.05, 0.1) is 8.07 Å². The smallest absolute Gasteiger partial charge is 0.224 e. The molecule has 0 radical (unpaired) electrons. The van der Waals surface area contributed by atoms with Crippen LogP contribution in [0.4, 0.5) is 0 Å². The van der Waals surface area contributed by atoms with Gasteiger partial charge in [0, 0.05) is 0 Å². The number of benzene rings is 1. The summed E-state index contributed by atoms with van der Waals surface area (Å²) >= 11 is 0. The van der Waals surface area contributed by atoms with Gasteiger partial charge in [-0.3, -0.25) is 0 Å². The molecule has 1 nitrogen and oxygen atoms in total. The van der Waals surface area contributed by atoms with Crippen LogP contribution in [-0.4, -0.2) is 17.8 Å². The summed E-state index contributed by atoms with van der Waals surface area (Å²) in [5, 5.41) is 0.351. The van der Waals surface area contributed by atoms with Crippen LogP contribution in [0.2, 0.25) is 24.7 Å². The second-order valence-corrected chi connectivity index (χ2v) is 15.8. The second kappa shape index (κ2) is 5.62. The Labute approximate surface area is 116 Å². The average Bonchev–Trinajstić information content (AvgIpc) is 2.24. The fraction of sp³-hybridized carbons (Fsp3) is 0.600. The van der Waals surface area contributed by atoms with Crippen molar-refractivity contribution in [3.8, 4) is 5.75 Å². The summed E-state index contributed by atoms with van der Waals surface area (Å²) in [6.45, 7) is 16.4. The maximum atomic E-state index is 5.94. The molecule has 1 aromatic rings. The lowest BCUT2D eigenvalue weighted by Crippen LogP contribution is -2.28. The second-order valence-electron chi connectivity index (χ2n) is 7.51. The fourth-order valence-electron chi connectivity index (χ4n) is 1.65. The van der Waals surface area contributed by atoms with Crippen LogP contribution in [0, 0.1) is 0 Å². The van der Waals surface area contributed by atoms with E-state index < -0.39 is 17.8 Å². The molecule has 18 heavy (non-hydrogen) atoms. The first-order valence-electron chi connectivity index (χ1n) is 6.82. The van der Waals surface area contributed by atoms with Crippen molar-refractivity contribution in [1.82, 2.24) is 0 Å². The largest absolute Gasteiger partial charge is 0.549 e. The lowest BCUT2D eigenvalue weighted by molar-refractivity contribution is 0.544. The molecule has 0 aliphatic rings. The van der Waals surface area contributed by atoms with E-state index in [9.17, 15) is 0 Å². The van der Waals surface area contributed by atoms with Crippen molar-refractivity contribution in [1.29, 1.82) is 0 Å². The lowest BCUT2D eigenvalue weighted by atomic mass is 10.1. The highest BCUT2D eigenvalue weighted by Gasteiger charge is 2.23. The minimum absolute atomic E-state index is 0.351. The molecular weight excluding hydrogens is 252 g/mol. The van der Waals surface area contributed by atoms with Gasteiger partial charge >= 0.3 is 0 Å². The van der Waals surface area contributed by atoms with Gasteiger partial charge in [-0.2, -0.15) is 0 Å². The van der Waals surface area contributed by atoms with E-state index in [0.717, 1.165) is 5.75 Å². The van der Waals surface area contributed by atoms with Crippen LogP contribution in [0.15, 0.2) is 24.3 Å². The van der Waals surface area contributed by atoms with E-state index in [2.05, 4.69) is 71.6 Å². The van der Waals surface area contributed by atoms with E-state index in [1.807, 2.05) is 0 Å². The topological polar surface area (TPSA) is 9.23 Å². The predicted molar refractivity (Wildman–Crippen MR) is 87.1 cm³/mol. The summed E-state index contributed by atoms with van der Waals surface area (Å²) in [7, 11) is -1.60. The summed E-state index contributed by atoms with van der Waals surface area (Å²) in [6.07, 6.45) is 0. The van der Waals surface area contributed by atoms with E-state index in [1.165, 1.54) is 5.56 Å². The van der Waals surface area contributed by atoms with Gasteiger partial charge in [0.1, 0.15) is 5.75 Å². The van der Waals surface area contributed by atoms with Gasteiger partial charge < -0.3 is 4.43 Å². The monoisotopic (exact) mass is 280 g/mol. The van der Waals surface area contributed by atoms with Gasteiger partial charge in [0.15, 0.2) is 0 Å². The molecule has 0 saturated carbocycles. The SMILES string of the molecule is CC(c1ccc(O[SiH2]C(C)(C)C)cc1)[Si](C)(C)C. The van der Waals surface area contributed by atoms with Crippen molar-refractivity contribution in [3.05, 3.63) is 29.8 Å². The molecule has 0 spiro atoms. The molecule has 1 aromatic carbocycles. The van der Waals surface area contributed by atoms with E-state index in [4.69, 9.17) is 4.43 Å². The Hall–Kier alpha value is -0.546. The van der Waals surface area contributed by atoms with Crippen molar-refractivity contribution in [2.45, 2.75) is 57.9 Å². The van der Waals surface area contributed by atoms with Gasteiger partial charge in [-0.15, -0.1) is 0 Å². The molecule has 1 unspecified atom stereocenters. The summed E-state index contributed by atoms with van der Waals surface area (Å²) < 4.78 is 5.94. The lowest BCUT2D eigenvalue weighted by Gasteiger charge is -2.26. The molecule has 0 aliphatic heterocycles. The van der Waals surface area contributed by atoms with E-state index >= 15 is 0 Å². The molecule has 0 saturated heterocycles. The van der Waals surface area contributed by atoms with Crippen molar-refractivity contribution in [3.63, 3.8) is 0 Å². The molecule has 102 valence electrons. The zero-order valence-corrected chi connectivity index (χ0v) is 15.4. The Kier molecular flexibility index (Phi) is 4.84. The van der Waals surface area contributed by atoms with Crippen molar-refractivity contribution < 1.29 is 4.43 Å². The molecular formula is C15H28OSi2. The summed E-state index contributed by atoms with van der Waals surface area (Å²) in [5.74, 6) is 1.04. The number of hydrogen-bond donors (Lipinski definition) is 0. The van der Waals surface area contributed by atoms with Crippen LogP contribution in [0.3, 0.4) is 0 Å². The van der Waals surface area contributed by atoms with Gasteiger partial charge in [0.25, 0.3) is 0 Å². The number of hydrogen-bond acceptors (Lipinski definition) is 1. The summed E-state index contributed by atoms with van der Waals surface area (Å²) in [5.41, 5.74) is 2.16. The normalized spacial score (nSPS) is 15.1. The van der Waals surface area contributed by atoms with Crippen LogP contribution in [0.1, 0.15) is 38.8 Å². The molecule has 3 heteroatoms. The van der Waals surface area contributed by atoms with Crippen LogP contribution < -0.4 is 4.43 Å². The Bertz CT molecular complexity index is 371. The number of rotatable bonds is 4. The van der Waals surface area contributed by atoms with Gasteiger partial charge in [-0.25, -0.2) is 0 Å². The minimum Gasteiger partial charge on any atom is -0.549 e. The molecule has 0 amide bonds. The Morgan fingerprint density at radius 1 is 1.06 bits per heavy atom. The summed E-state index contributed by atoms with van der Waals surface area (Å²) in [6, 6.07) is 8.78. The van der Waals surface area contributed by atoms with Crippen LogP contribution in [-0.2, 0) is 0 Å². The molecule has 0 aliphatic carbocycles. The molecule has 1 rings (SSSR count). The fourth-order valence-corrected chi connectivity index (χ4v) is 3.64. The average molecular weight is 281 g/mol. The first kappa shape index (κ1) is 15.5. The molecule has 1 atom stereocenters. The van der Waals surface area contributed by atoms with Crippen molar-refractivity contribution in [2.75, 3.05) is 0 Å². The third-order valence-electron chi connectivity index (χ3n) is 3.35. The highest BCUT2D eigenvalue weighted by atomic mass is 28.3. The van der Waals surface area contributed by atoms with Crippen LogP contribution in [0.5, 0.6) is 5.75 Å². The third-order valence-corrected chi connectivity index (χ3v) is 7.63. The predicted octanol–water partition coefficient (Wildman–Crippen LogP) is 4.35. The zero-order chi connectivity index (χ0) is 14.0. The Morgan fingerprint density at radius 3 is 1.94 bits per heavy atom. The van der Waals surface area contributed by atoms with Gasteiger partial charge in [-0.05, 0) is 28.3 Å². The van der Waals surface area contributed by atoms with Crippen molar-refractivity contribution >= 4 is 17.8 Å². The van der Waals surface area contributed by atoms with E-state index in [-0.39, 0.29) is 0 Å². The minimum atomic E-state index is -1.10. The summed E-state index contributed by atoms with van der Waals surface area (Å²) in [4.78, 5) is 0. The standard InChI is InChI=1S/C15H28OSi2/c1-12(18(5,6)7)13-8-10-14(11-9-13)16-17-15(2,3)4/h8-12H,17H2,1-7H3. The molecule has 0 aromatic heterocycles. The molecule has 0 heterocycles. The molecule has 0 bridgehead atoms. The Balaban J connectivity index is 2.69. The first-order chi connectivity index (χ1) is 8.09. The van der Waals surface area contributed by atoms with Crippen LogP contribution >= 0.6 is 0 Å². The first-order valence-corrected chi connectivity index (χ1v) is 11.7.